The van der Waals surface area contributed by atoms with Gasteiger partial charge in [-0.05, 0) is 5.56 Å². The highest BCUT2D eigenvalue weighted by molar-refractivity contribution is 7.97. The maximum atomic E-state index is 8.47. The fourth-order valence-corrected chi connectivity index (χ4v) is 1.28. The fourth-order valence-electron chi connectivity index (χ4n) is 0.745. The first-order valence-electron chi connectivity index (χ1n) is 3.25. The van der Waals surface area contributed by atoms with Crippen LogP contribution in [0.1, 0.15) is 5.56 Å². The minimum absolute atomic E-state index is 0.520. The Morgan fingerprint density at radius 1 is 1.18 bits per heavy atom. The number of aliphatic hydroxyl groups is 2. The molecule has 2 nitrogen and oxygen atoms in total. The Morgan fingerprint density at radius 2 is 1.82 bits per heavy atom. The molecule has 60 valence electrons. The largest absolute Gasteiger partial charge is 0.337 e. The van der Waals surface area contributed by atoms with Gasteiger partial charge < -0.3 is 10.2 Å². The molecule has 0 bridgehead atoms. The molecule has 11 heavy (non-hydrogen) atoms. The van der Waals surface area contributed by atoms with Crippen molar-refractivity contribution in [2.45, 2.75) is 5.75 Å². The van der Waals surface area contributed by atoms with Crippen LogP contribution in [-0.2, 0) is 5.75 Å². The lowest BCUT2D eigenvalue weighted by molar-refractivity contribution is 0.385. The number of rotatable bonds is 2. The lowest BCUT2D eigenvalue weighted by atomic mass is 10.2. The number of benzene rings is 1. The van der Waals surface area contributed by atoms with E-state index in [1.54, 1.807) is 0 Å². The molecule has 0 aliphatic heterocycles. The number of aliphatic hydroxyl groups excluding tert-OH is 1. The van der Waals surface area contributed by atoms with Crippen molar-refractivity contribution in [2.24, 2.45) is 0 Å². The Balaban J connectivity index is 2.59. The molecule has 0 saturated carbocycles. The van der Waals surface area contributed by atoms with Crippen LogP contribution >= 0.6 is 11.4 Å². The lowest BCUT2D eigenvalue weighted by Gasteiger charge is -1.94. The van der Waals surface area contributed by atoms with Crippen molar-refractivity contribution in [2.75, 3.05) is 0 Å². The van der Waals surface area contributed by atoms with E-state index in [4.69, 9.17) is 10.2 Å². The van der Waals surface area contributed by atoms with Crippen LogP contribution in [0, 0.1) is 0 Å². The Morgan fingerprint density at radius 3 is 2.36 bits per heavy atom. The third-order valence-electron chi connectivity index (χ3n) is 1.25. The van der Waals surface area contributed by atoms with Crippen LogP contribution in [-0.4, -0.2) is 15.4 Å². The van der Waals surface area contributed by atoms with E-state index in [1.165, 1.54) is 0 Å². The lowest BCUT2D eigenvalue weighted by Crippen LogP contribution is -1.88. The number of hydrogen-bond acceptors (Lipinski definition) is 0. The molecular weight excluding hydrogens is 160 g/mol. The minimum atomic E-state index is -0.520. The molecule has 1 rings (SSSR count). The minimum Gasteiger partial charge on any atom is -0.337 e. The Bertz CT molecular complexity index is 240. The number of thiol groups is 1. The molecule has 0 saturated heterocycles. The molecule has 0 aromatic heterocycles. The van der Waals surface area contributed by atoms with E-state index in [9.17, 15) is 0 Å². The highest BCUT2D eigenvalue weighted by Gasteiger charge is 1.86. The predicted octanol–water partition coefficient (Wildman–Crippen LogP) is 1.86. The molecule has 0 atom stereocenters. The Labute approximate surface area is 69.1 Å². The van der Waals surface area contributed by atoms with Crippen molar-refractivity contribution in [3.63, 3.8) is 0 Å². The van der Waals surface area contributed by atoms with Crippen LogP contribution in [0.4, 0.5) is 0 Å². The Hall–Kier alpha value is -0.640. The summed E-state index contributed by atoms with van der Waals surface area (Å²) < 4.78 is 0. The van der Waals surface area contributed by atoms with Crippen LogP contribution < -0.4 is 0 Å². The molecule has 0 amide bonds. The zero-order chi connectivity index (χ0) is 8.10. The van der Waals surface area contributed by atoms with Gasteiger partial charge >= 0.3 is 0 Å². The summed E-state index contributed by atoms with van der Waals surface area (Å²) in [4.78, 5) is 0. The van der Waals surface area contributed by atoms with E-state index in [1.807, 2.05) is 30.3 Å². The molecule has 0 unspecified atom stereocenters. The van der Waals surface area contributed by atoms with E-state index >= 15 is 0 Å². The summed E-state index contributed by atoms with van der Waals surface area (Å²) in [6.07, 6.45) is 0. The van der Waals surface area contributed by atoms with Gasteiger partial charge in [0, 0.05) is 5.75 Å². The van der Waals surface area contributed by atoms with Crippen LogP contribution in [0.25, 0.3) is 0 Å². The quantitative estimate of drug-likeness (QED) is 0.468. The topological polar surface area (TPSA) is 40.5 Å². The third kappa shape index (κ3) is 3.32. The predicted molar refractivity (Wildman–Crippen MR) is 49.4 cm³/mol. The van der Waals surface area contributed by atoms with E-state index in [-0.39, 0.29) is 0 Å². The SMILES string of the molecule is OC(O)=[SH]Cc1ccccc1. The summed E-state index contributed by atoms with van der Waals surface area (Å²) in [5.74, 6) is 0.656. The van der Waals surface area contributed by atoms with Crippen molar-refractivity contribution >= 4 is 16.6 Å². The van der Waals surface area contributed by atoms with Crippen molar-refractivity contribution in [3.05, 3.63) is 35.9 Å². The van der Waals surface area contributed by atoms with Gasteiger partial charge in [-0.2, -0.15) is 0 Å². The molecule has 0 aliphatic carbocycles. The molecular formula is C8H10O2S. The van der Waals surface area contributed by atoms with Crippen molar-refractivity contribution < 1.29 is 10.2 Å². The van der Waals surface area contributed by atoms with Gasteiger partial charge in [-0.15, -0.1) is 11.4 Å². The normalized spacial score (nSPS) is 9.64. The molecule has 0 radical (unpaired) electrons. The van der Waals surface area contributed by atoms with Crippen molar-refractivity contribution in [1.82, 2.24) is 0 Å². The first kappa shape index (κ1) is 8.46. The van der Waals surface area contributed by atoms with Crippen LogP contribution in [0.15, 0.2) is 30.3 Å². The summed E-state index contributed by atoms with van der Waals surface area (Å²) in [6, 6.07) is 9.70. The maximum Gasteiger partial charge on any atom is 0.202 e. The average molecular weight is 170 g/mol. The molecule has 0 aliphatic rings. The maximum absolute atomic E-state index is 8.47. The standard InChI is InChI=1S/C8H10O2S/c9-8(10)11-6-7-4-2-1-3-5-7/h1-5,9-11H,6H2. The fraction of sp³-hybridized carbons (Fsp3) is 0.125. The zero-order valence-corrected chi connectivity index (χ0v) is 6.83. The average Bonchev–Trinajstić information content (AvgIpc) is 2.03. The summed E-state index contributed by atoms with van der Waals surface area (Å²) in [5.41, 5.74) is 1.11. The van der Waals surface area contributed by atoms with Gasteiger partial charge in [0.1, 0.15) is 0 Å². The third-order valence-corrected chi connectivity index (χ3v) is 2.05. The van der Waals surface area contributed by atoms with Crippen LogP contribution in [0.3, 0.4) is 0 Å². The Kier molecular flexibility index (Phi) is 3.29. The van der Waals surface area contributed by atoms with Gasteiger partial charge in [-0.3, -0.25) is 0 Å². The second kappa shape index (κ2) is 4.28. The van der Waals surface area contributed by atoms with Gasteiger partial charge in [0.05, 0.1) is 0 Å². The van der Waals surface area contributed by atoms with E-state index in [0.717, 1.165) is 5.56 Å². The van der Waals surface area contributed by atoms with Crippen LogP contribution in [0.2, 0.25) is 0 Å². The molecule has 0 fully saturated rings. The second-order valence-corrected chi connectivity index (χ2v) is 3.13. The summed E-state index contributed by atoms with van der Waals surface area (Å²) in [5, 5.41) is 16.4. The first-order valence-corrected chi connectivity index (χ1v) is 4.33. The van der Waals surface area contributed by atoms with Crippen molar-refractivity contribution in [1.29, 1.82) is 0 Å². The summed E-state index contributed by atoms with van der Waals surface area (Å²) in [7, 11) is 0. The molecule has 1 aromatic rings. The number of hydrogen-bond donors (Lipinski definition) is 3. The zero-order valence-electron chi connectivity index (χ0n) is 5.94. The highest BCUT2D eigenvalue weighted by Crippen LogP contribution is 2.04. The van der Waals surface area contributed by atoms with E-state index < -0.39 is 5.24 Å². The summed E-state index contributed by atoms with van der Waals surface area (Å²) >= 11 is 0.553. The van der Waals surface area contributed by atoms with Gasteiger partial charge in [0.2, 0.25) is 5.24 Å². The highest BCUT2D eigenvalue weighted by atomic mass is 32.1. The molecule has 0 heterocycles. The van der Waals surface area contributed by atoms with Crippen molar-refractivity contribution in [3.8, 4) is 0 Å². The van der Waals surface area contributed by atoms with E-state index in [2.05, 4.69) is 0 Å². The van der Waals surface area contributed by atoms with Gasteiger partial charge in [-0.25, -0.2) is 0 Å². The second-order valence-electron chi connectivity index (χ2n) is 2.10. The molecule has 0 spiro atoms. The first-order chi connectivity index (χ1) is 5.29. The molecule has 1 aromatic carbocycles. The van der Waals surface area contributed by atoms with Gasteiger partial charge in [-0.1, -0.05) is 30.3 Å². The summed E-state index contributed by atoms with van der Waals surface area (Å²) in [6.45, 7) is 0. The molecule has 2 N–H and O–H groups in total. The smallest absolute Gasteiger partial charge is 0.202 e. The van der Waals surface area contributed by atoms with Gasteiger partial charge in [0.25, 0.3) is 0 Å². The van der Waals surface area contributed by atoms with E-state index in [0.29, 0.717) is 17.1 Å². The van der Waals surface area contributed by atoms with Gasteiger partial charge in [0.15, 0.2) is 0 Å². The van der Waals surface area contributed by atoms with Crippen LogP contribution in [0.5, 0.6) is 0 Å². The monoisotopic (exact) mass is 170 g/mol. The molecule has 3 heteroatoms.